The van der Waals surface area contributed by atoms with Crippen molar-refractivity contribution in [1.82, 2.24) is 14.8 Å². The lowest BCUT2D eigenvalue weighted by Gasteiger charge is -2.18. The van der Waals surface area contributed by atoms with Gasteiger partial charge >= 0.3 is 0 Å². The van der Waals surface area contributed by atoms with Crippen LogP contribution in [0.25, 0.3) is 28.6 Å². The van der Waals surface area contributed by atoms with Crippen molar-refractivity contribution in [3.8, 4) is 34.5 Å². The lowest BCUT2D eigenvalue weighted by molar-refractivity contribution is 0.171. The molecule has 1 aliphatic heterocycles. The first-order valence-electron chi connectivity index (χ1n) is 9.90. The molecule has 2 aromatic heterocycles. The highest BCUT2D eigenvalue weighted by molar-refractivity contribution is 5.91. The van der Waals surface area contributed by atoms with Gasteiger partial charge < -0.3 is 9.47 Å². The molecule has 0 atom stereocenters. The molecule has 0 unspecified atom stereocenters. The van der Waals surface area contributed by atoms with Crippen LogP contribution in [0.5, 0.6) is 11.5 Å². The molecule has 4 aromatic rings. The van der Waals surface area contributed by atoms with Crippen LogP contribution in [-0.2, 0) is 0 Å². The van der Waals surface area contributed by atoms with E-state index >= 15 is 0 Å². The van der Waals surface area contributed by atoms with Gasteiger partial charge in [0.05, 0.1) is 17.0 Å². The number of hydrogen-bond acceptors (Lipinski definition) is 5. The van der Waals surface area contributed by atoms with Crippen molar-refractivity contribution in [3.05, 3.63) is 90.4 Å². The molecule has 0 aliphatic carbocycles. The average Bonchev–Trinajstić information content (AvgIpc) is 3.27. The van der Waals surface area contributed by atoms with E-state index in [1.807, 2.05) is 83.7 Å². The van der Waals surface area contributed by atoms with E-state index in [-0.39, 0.29) is 0 Å². The minimum Gasteiger partial charge on any atom is -0.486 e. The Morgan fingerprint density at radius 3 is 2.55 bits per heavy atom. The van der Waals surface area contributed by atoms with E-state index in [2.05, 4.69) is 11.1 Å². The minimum absolute atomic E-state index is 0.465. The van der Waals surface area contributed by atoms with Gasteiger partial charge in [0.15, 0.2) is 11.5 Å². The number of rotatable bonds is 4. The quantitative estimate of drug-likeness (QED) is 0.457. The van der Waals surface area contributed by atoms with E-state index in [0.29, 0.717) is 30.2 Å². The molecule has 0 saturated heterocycles. The first-order chi connectivity index (χ1) is 15.3. The molecule has 6 nitrogen and oxygen atoms in total. The maximum Gasteiger partial charge on any atom is 0.162 e. The summed E-state index contributed by atoms with van der Waals surface area (Å²) in [4.78, 5) is 4.32. The summed E-state index contributed by atoms with van der Waals surface area (Å²) < 4.78 is 13.2. The zero-order valence-corrected chi connectivity index (χ0v) is 16.6. The molecule has 1 aliphatic rings. The fraction of sp³-hybridized carbons (Fsp3) is 0.0800. The van der Waals surface area contributed by atoms with Gasteiger partial charge in [0, 0.05) is 23.5 Å². The van der Waals surface area contributed by atoms with Crippen LogP contribution >= 0.6 is 0 Å². The fourth-order valence-electron chi connectivity index (χ4n) is 3.46. The highest BCUT2D eigenvalue weighted by Gasteiger charge is 2.17. The Labute approximate surface area is 179 Å². The third-order valence-corrected chi connectivity index (χ3v) is 4.94. The van der Waals surface area contributed by atoms with Gasteiger partial charge in [-0.1, -0.05) is 24.3 Å². The summed E-state index contributed by atoms with van der Waals surface area (Å²) in [6.45, 7) is 1.05. The van der Waals surface area contributed by atoms with Gasteiger partial charge in [-0.3, -0.25) is 4.98 Å². The SMILES string of the molecule is N#C/C(=C/c1cn(-c2ccccc2)nc1-c1ccc2c(c1)OCCO2)c1ccccn1. The molecule has 0 amide bonds. The van der Waals surface area contributed by atoms with Crippen LogP contribution in [0.1, 0.15) is 11.3 Å². The summed E-state index contributed by atoms with van der Waals surface area (Å²) in [6, 6.07) is 23.4. The number of aromatic nitrogens is 3. The molecule has 150 valence electrons. The number of fused-ring (bicyclic) bond motifs is 1. The monoisotopic (exact) mass is 406 g/mol. The Morgan fingerprint density at radius 1 is 0.968 bits per heavy atom. The first kappa shape index (κ1) is 18.6. The van der Waals surface area contributed by atoms with Crippen LogP contribution in [-0.4, -0.2) is 28.0 Å². The van der Waals surface area contributed by atoms with Crippen molar-refractivity contribution < 1.29 is 9.47 Å². The third kappa shape index (κ3) is 3.77. The Morgan fingerprint density at radius 2 is 1.77 bits per heavy atom. The fourth-order valence-corrected chi connectivity index (χ4v) is 3.46. The maximum atomic E-state index is 9.76. The van der Waals surface area contributed by atoms with Crippen LogP contribution in [0.2, 0.25) is 0 Å². The molecule has 0 spiro atoms. The first-order valence-corrected chi connectivity index (χ1v) is 9.90. The number of hydrogen-bond donors (Lipinski definition) is 0. The molecule has 5 rings (SSSR count). The molecule has 0 bridgehead atoms. The smallest absolute Gasteiger partial charge is 0.162 e. The molecule has 6 heteroatoms. The van der Waals surface area contributed by atoms with E-state index in [1.165, 1.54) is 0 Å². The molecular weight excluding hydrogens is 388 g/mol. The minimum atomic E-state index is 0.465. The molecule has 0 saturated carbocycles. The molecular formula is C25H18N4O2. The van der Waals surface area contributed by atoms with Crippen LogP contribution in [0.3, 0.4) is 0 Å². The molecule has 31 heavy (non-hydrogen) atoms. The van der Waals surface area contributed by atoms with Crippen molar-refractivity contribution in [1.29, 1.82) is 5.26 Å². The summed E-state index contributed by atoms with van der Waals surface area (Å²) in [7, 11) is 0. The van der Waals surface area contributed by atoms with Crippen molar-refractivity contribution in [2.75, 3.05) is 13.2 Å². The lowest BCUT2D eigenvalue weighted by atomic mass is 10.0. The largest absolute Gasteiger partial charge is 0.486 e. The predicted molar refractivity (Wildman–Crippen MR) is 118 cm³/mol. The summed E-state index contributed by atoms with van der Waals surface area (Å²) in [5, 5.41) is 14.6. The van der Waals surface area contributed by atoms with Crippen LogP contribution < -0.4 is 9.47 Å². The Bertz CT molecular complexity index is 1290. The summed E-state index contributed by atoms with van der Waals surface area (Å²) in [5.41, 5.74) is 4.44. The Kier molecular flexibility index (Phi) is 4.91. The van der Waals surface area contributed by atoms with Crippen LogP contribution in [0.15, 0.2) is 79.1 Å². The van der Waals surface area contributed by atoms with Gasteiger partial charge in [-0.05, 0) is 48.5 Å². The number of nitrogens with zero attached hydrogens (tertiary/aromatic N) is 4. The molecule has 3 heterocycles. The van der Waals surface area contributed by atoms with E-state index in [0.717, 1.165) is 28.3 Å². The second-order valence-electron chi connectivity index (χ2n) is 6.96. The Hall–Kier alpha value is -4.37. The maximum absolute atomic E-state index is 9.76. The summed E-state index contributed by atoms with van der Waals surface area (Å²) >= 11 is 0. The van der Waals surface area contributed by atoms with Gasteiger partial charge in [-0.2, -0.15) is 10.4 Å². The molecule has 0 N–H and O–H groups in total. The van der Waals surface area contributed by atoms with E-state index in [1.54, 1.807) is 6.20 Å². The average molecular weight is 406 g/mol. The highest BCUT2D eigenvalue weighted by Crippen LogP contribution is 2.36. The number of ether oxygens (including phenoxy) is 2. The second kappa shape index (κ2) is 8.17. The van der Waals surface area contributed by atoms with Gasteiger partial charge in [0.2, 0.25) is 0 Å². The molecule has 2 aromatic carbocycles. The molecule has 0 radical (unpaired) electrons. The number of benzene rings is 2. The lowest BCUT2D eigenvalue weighted by Crippen LogP contribution is -2.15. The predicted octanol–water partition coefficient (Wildman–Crippen LogP) is 4.77. The summed E-state index contributed by atoms with van der Waals surface area (Å²) in [5.74, 6) is 1.42. The van der Waals surface area contributed by atoms with E-state index in [4.69, 9.17) is 14.6 Å². The van der Waals surface area contributed by atoms with Gasteiger partial charge in [0.25, 0.3) is 0 Å². The van der Waals surface area contributed by atoms with Gasteiger partial charge in [-0.15, -0.1) is 0 Å². The zero-order chi connectivity index (χ0) is 21.0. The third-order valence-electron chi connectivity index (χ3n) is 4.94. The van der Waals surface area contributed by atoms with E-state index < -0.39 is 0 Å². The molecule has 0 fully saturated rings. The summed E-state index contributed by atoms with van der Waals surface area (Å²) in [6.07, 6.45) is 5.41. The van der Waals surface area contributed by atoms with Crippen molar-refractivity contribution in [2.45, 2.75) is 0 Å². The highest BCUT2D eigenvalue weighted by atomic mass is 16.6. The number of pyridine rings is 1. The van der Waals surface area contributed by atoms with Crippen molar-refractivity contribution in [2.24, 2.45) is 0 Å². The number of para-hydroxylation sites is 1. The van der Waals surface area contributed by atoms with Gasteiger partial charge in [0.1, 0.15) is 25.0 Å². The van der Waals surface area contributed by atoms with Crippen molar-refractivity contribution in [3.63, 3.8) is 0 Å². The van der Waals surface area contributed by atoms with Crippen LogP contribution in [0, 0.1) is 11.3 Å². The van der Waals surface area contributed by atoms with E-state index in [9.17, 15) is 5.26 Å². The second-order valence-corrected chi connectivity index (χ2v) is 6.96. The topological polar surface area (TPSA) is 73.0 Å². The number of allylic oxidation sites excluding steroid dienone is 1. The van der Waals surface area contributed by atoms with Crippen LogP contribution in [0.4, 0.5) is 0 Å². The Balaban J connectivity index is 1.66. The standard InChI is InChI=1S/C25H18N4O2/c26-16-19(22-8-4-5-11-27-22)14-20-17-29(21-6-2-1-3-7-21)28-25(20)18-9-10-23-24(15-18)31-13-12-30-23/h1-11,14-15,17H,12-13H2/b19-14-. The zero-order valence-electron chi connectivity index (χ0n) is 16.6. The van der Waals surface area contributed by atoms with Gasteiger partial charge in [-0.25, -0.2) is 4.68 Å². The normalized spacial score (nSPS) is 12.9. The van der Waals surface area contributed by atoms with Crippen molar-refractivity contribution >= 4 is 11.6 Å². The number of nitriles is 1.